The van der Waals surface area contributed by atoms with Crippen molar-refractivity contribution in [2.24, 2.45) is 11.8 Å². The van der Waals surface area contributed by atoms with Crippen LogP contribution in [0.15, 0.2) is 0 Å². The minimum Gasteiger partial charge on any atom is -0.479 e. The van der Waals surface area contributed by atoms with Gasteiger partial charge in [-0.2, -0.15) is 0 Å². The summed E-state index contributed by atoms with van der Waals surface area (Å²) in [4.78, 5) is 28.2. The predicted octanol–water partition coefficient (Wildman–Crippen LogP) is 2.80. The fourth-order valence-corrected chi connectivity index (χ4v) is 4.02. The van der Waals surface area contributed by atoms with Gasteiger partial charge < -0.3 is 14.9 Å². The summed E-state index contributed by atoms with van der Waals surface area (Å²) in [5.41, 5.74) is -0.999. The van der Waals surface area contributed by atoms with Crippen molar-refractivity contribution < 1.29 is 14.7 Å². The summed E-state index contributed by atoms with van der Waals surface area (Å²) in [6.07, 6.45) is 2.95. The predicted molar refractivity (Wildman–Crippen MR) is 81.1 cm³/mol. The van der Waals surface area contributed by atoms with Crippen molar-refractivity contribution in [3.8, 4) is 0 Å². The molecule has 0 aromatic rings. The van der Waals surface area contributed by atoms with E-state index in [9.17, 15) is 14.7 Å². The van der Waals surface area contributed by atoms with Gasteiger partial charge in [0.25, 0.3) is 0 Å². The number of aliphatic carboxylic acids is 1. The molecule has 120 valence electrons. The topological polar surface area (TPSA) is 60.9 Å². The number of nitrogens with zero attached hydrogens (tertiary/aromatic N) is 2. The van der Waals surface area contributed by atoms with Gasteiger partial charge in [0.15, 0.2) is 0 Å². The molecule has 2 heterocycles. The Morgan fingerprint density at radius 1 is 1.29 bits per heavy atom. The van der Waals surface area contributed by atoms with Crippen LogP contribution in [0.5, 0.6) is 0 Å². The highest BCUT2D eigenvalue weighted by atomic mass is 16.4. The molecule has 4 unspecified atom stereocenters. The van der Waals surface area contributed by atoms with E-state index in [1.807, 2.05) is 11.8 Å². The zero-order valence-electron chi connectivity index (χ0n) is 13.6. The Bertz CT molecular complexity index is 426. The molecule has 2 amide bonds. The van der Waals surface area contributed by atoms with E-state index in [0.717, 1.165) is 19.4 Å². The summed E-state index contributed by atoms with van der Waals surface area (Å²) in [5.74, 6) is 0.0753. The maximum Gasteiger partial charge on any atom is 0.329 e. The van der Waals surface area contributed by atoms with E-state index in [4.69, 9.17) is 0 Å². The molecule has 4 atom stereocenters. The van der Waals surface area contributed by atoms with E-state index in [1.54, 1.807) is 4.90 Å². The monoisotopic (exact) mass is 296 g/mol. The number of urea groups is 1. The minimum atomic E-state index is -0.999. The van der Waals surface area contributed by atoms with Crippen LogP contribution in [0.25, 0.3) is 0 Å². The van der Waals surface area contributed by atoms with Crippen LogP contribution in [0, 0.1) is 11.8 Å². The average Bonchev–Trinajstić information content (AvgIpc) is 2.87. The van der Waals surface area contributed by atoms with Crippen LogP contribution in [0.4, 0.5) is 4.79 Å². The summed E-state index contributed by atoms with van der Waals surface area (Å²) in [5, 5.41) is 9.64. The molecule has 21 heavy (non-hydrogen) atoms. The normalized spacial score (nSPS) is 36.9. The SMILES string of the molecule is CCC1(C(=O)O)CCCN1C(=O)N1CC(C)CC(C)C1C. The number of carbonyl (C=O) groups is 2. The van der Waals surface area contributed by atoms with E-state index in [2.05, 4.69) is 20.8 Å². The number of carboxylic acid groups (broad SMARTS) is 1. The van der Waals surface area contributed by atoms with Gasteiger partial charge in [0.1, 0.15) is 5.54 Å². The van der Waals surface area contributed by atoms with Crippen molar-refractivity contribution in [1.29, 1.82) is 0 Å². The smallest absolute Gasteiger partial charge is 0.329 e. The van der Waals surface area contributed by atoms with Crippen molar-refractivity contribution in [1.82, 2.24) is 9.80 Å². The van der Waals surface area contributed by atoms with Gasteiger partial charge in [-0.3, -0.25) is 0 Å². The van der Waals surface area contributed by atoms with Gasteiger partial charge in [-0.05, 0) is 44.4 Å². The van der Waals surface area contributed by atoms with Gasteiger partial charge >= 0.3 is 12.0 Å². The van der Waals surface area contributed by atoms with Crippen LogP contribution in [-0.4, -0.2) is 51.6 Å². The number of amides is 2. The van der Waals surface area contributed by atoms with Crippen molar-refractivity contribution in [2.75, 3.05) is 13.1 Å². The Morgan fingerprint density at radius 3 is 2.52 bits per heavy atom. The first-order valence-corrected chi connectivity index (χ1v) is 8.15. The number of piperidine rings is 1. The fourth-order valence-electron chi connectivity index (χ4n) is 4.02. The van der Waals surface area contributed by atoms with E-state index in [1.165, 1.54) is 0 Å². The van der Waals surface area contributed by atoms with Crippen LogP contribution in [0.3, 0.4) is 0 Å². The third-order valence-electron chi connectivity index (χ3n) is 5.55. The highest BCUT2D eigenvalue weighted by Crippen LogP contribution is 2.36. The second-order valence-corrected chi connectivity index (χ2v) is 6.94. The van der Waals surface area contributed by atoms with E-state index in [-0.39, 0.29) is 12.1 Å². The zero-order valence-corrected chi connectivity index (χ0v) is 13.6. The molecule has 2 saturated heterocycles. The molecule has 0 saturated carbocycles. The molecule has 2 aliphatic rings. The van der Waals surface area contributed by atoms with Crippen molar-refractivity contribution in [3.63, 3.8) is 0 Å². The summed E-state index contributed by atoms with van der Waals surface area (Å²) >= 11 is 0. The molecule has 1 N–H and O–H groups in total. The van der Waals surface area contributed by atoms with Gasteiger partial charge in [-0.1, -0.05) is 20.8 Å². The lowest BCUT2D eigenvalue weighted by Crippen LogP contribution is -2.60. The van der Waals surface area contributed by atoms with E-state index >= 15 is 0 Å². The molecule has 5 heteroatoms. The second kappa shape index (κ2) is 5.85. The summed E-state index contributed by atoms with van der Waals surface area (Å²) < 4.78 is 0. The standard InChI is InChI=1S/C16H28N2O3/c1-5-16(14(19)20)7-6-8-18(16)15(21)17-10-11(2)9-12(3)13(17)4/h11-13H,5-10H2,1-4H3,(H,19,20). The Hall–Kier alpha value is -1.26. The lowest BCUT2D eigenvalue weighted by Gasteiger charge is -2.45. The van der Waals surface area contributed by atoms with E-state index < -0.39 is 11.5 Å². The molecule has 0 spiro atoms. The molecular formula is C16H28N2O3. The Kier molecular flexibility index (Phi) is 4.49. The third-order valence-corrected chi connectivity index (χ3v) is 5.55. The maximum absolute atomic E-state index is 13.0. The lowest BCUT2D eigenvalue weighted by atomic mass is 9.86. The number of likely N-dealkylation sites (tertiary alicyclic amines) is 2. The van der Waals surface area contributed by atoms with Crippen LogP contribution in [0.1, 0.15) is 53.4 Å². The van der Waals surface area contributed by atoms with Crippen LogP contribution < -0.4 is 0 Å². The molecule has 0 radical (unpaired) electrons. The molecule has 2 aliphatic heterocycles. The van der Waals surface area contributed by atoms with Gasteiger partial charge in [0.05, 0.1) is 0 Å². The third kappa shape index (κ3) is 2.62. The lowest BCUT2D eigenvalue weighted by molar-refractivity contribution is -0.148. The Balaban J connectivity index is 2.24. The van der Waals surface area contributed by atoms with Crippen molar-refractivity contribution in [2.45, 2.75) is 65.0 Å². The Labute approximate surface area is 127 Å². The summed E-state index contributed by atoms with van der Waals surface area (Å²) in [6.45, 7) is 9.58. The number of hydrogen-bond acceptors (Lipinski definition) is 2. The summed E-state index contributed by atoms with van der Waals surface area (Å²) in [7, 11) is 0. The highest BCUT2D eigenvalue weighted by molar-refractivity contribution is 5.87. The average molecular weight is 296 g/mol. The van der Waals surface area contributed by atoms with Crippen LogP contribution >= 0.6 is 0 Å². The van der Waals surface area contributed by atoms with E-state index in [0.29, 0.717) is 31.2 Å². The molecule has 0 bridgehead atoms. The summed E-state index contributed by atoms with van der Waals surface area (Å²) in [6, 6.07) is 0.0975. The van der Waals surface area contributed by atoms with Gasteiger partial charge in [0, 0.05) is 19.1 Å². The number of carboxylic acids is 1. The van der Waals surface area contributed by atoms with Gasteiger partial charge in [-0.25, -0.2) is 9.59 Å². The molecular weight excluding hydrogens is 268 g/mol. The van der Waals surface area contributed by atoms with Crippen molar-refractivity contribution >= 4 is 12.0 Å². The number of carbonyl (C=O) groups excluding carboxylic acids is 1. The largest absolute Gasteiger partial charge is 0.479 e. The molecule has 0 aliphatic carbocycles. The minimum absolute atomic E-state index is 0.0809. The van der Waals surface area contributed by atoms with Crippen molar-refractivity contribution in [3.05, 3.63) is 0 Å². The molecule has 0 aromatic carbocycles. The first-order valence-electron chi connectivity index (χ1n) is 8.15. The second-order valence-electron chi connectivity index (χ2n) is 6.94. The number of rotatable bonds is 2. The van der Waals surface area contributed by atoms with Crippen LogP contribution in [-0.2, 0) is 4.79 Å². The van der Waals surface area contributed by atoms with Crippen LogP contribution in [0.2, 0.25) is 0 Å². The maximum atomic E-state index is 13.0. The fraction of sp³-hybridized carbons (Fsp3) is 0.875. The van der Waals surface area contributed by atoms with Gasteiger partial charge in [-0.15, -0.1) is 0 Å². The molecule has 5 nitrogen and oxygen atoms in total. The molecule has 2 rings (SSSR count). The molecule has 0 aromatic heterocycles. The quantitative estimate of drug-likeness (QED) is 0.852. The molecule has 2 fully saturated rings. The zero-order chi connectivity index (χ0) is 15.8. The number of hydrogen-bond donors (Lipinski definition) is 1. The van der Waals surface area contributed by atoms with Gasteiger partial charge in [0.2, 0.25) is 0 Å². The highest BCUT2D eigenvalue weighted by Gasteiger charge is 2.50. The Morgan fingerprint density at radius 2 is 1.95 bits per heavy atom. The first kappa shape index (κ1) is 16.1. The first-order chi connectivity index (χ1) is 9.83.